The molecule has 0 aromatic heterocycles. The van der Waals surface area contributed by atoms with Crippen molar-refractivity contribution in [2.75, 3.05) is 32.7 Å². The quantitative estimate of drug-likeness (QED) is 0.608. The van der Waals surface area contributed by atoms with Crippen LogP contribution in [-0.4, -0.2) is 49.8 Å². The predicted molar refractivity (Wildman–Crippen MR) is 94.6 cm³/mol. The van der Waals surface area contributed by atoms with Gasteiger partial charge in [-0.1, -0.05) is 24.3 Å². The van der Waals surface area contributed by atoms with Crippen LogP contribution < -0.4 is 10.6 Å². The molecular formula is C18H27F3N4. The molecule has 1 heterocycles. The molecule has 1 aliphatic heterocycles. The van der Waals surface area contributed by atoms with Gasteiger partial charge in [-0.25, -0.2) is 4.99 Å². The SMILES string of the molecule is CCNC(=NCc1ccccc1C)NCC1CCN(CC(F)(F)F)C1. The number of rotatable bonds is 6. The first-order valence-electron chi connectivity index (χ1n) is 8.73. The summed E-state index contributed by atoms with van der Waals surface area (Å²) in [7, 11) is 0. The molecule has 2 N–H and O–H groups in total. The lowest BCUT2D eigenvalue weighted by molar-refractivity contribution is -0.143. The van der Waals surface area contributed by atoms with E-state index in [4.69, 9.17) is 0 Å². The lowest BCUT2D eigenvalue weighted by Gasteiger charge is -2.18. The van der Waals surface area contributed by atoms with E-state index in [2.05, 4.69) is 28.6 Å². The highest BCUT2D eigenvalue weighted by Crippen LogP contribution is 2.22. The van der Waals surface area contributed by atoms with Crippen LogP contribution in [0.3, 0.4) is 0 Å². The molecule has 1 aromatic carbocycles. The Morgan fingerprint density at radius 2 is 2.04 bits per heavy atom. The average Bonchev–Trinajstić information content (AvgIpc) is 2.97. The molecule has 0 spiro atoms. The van der Waals surface area contributed by atoms with E-state index in [1.54, 1.807) is 0 Å². The molecule has 2 rings (SSSR count). The molecule has 1 aromatic rings. The van der Waals surface area contributed by atoms with Crippen molar-refractivity contribution in [3.63, 3.8) is 0 Å². The molecule has 1 aliphatic rings. The molecule has 7 heteroatoms. The first kappa shape index (κ1) is 19.6. The molecule has 0 amide bonds. The smallest absolute Gasteiger partial charge is 0.357 e. The van der Waals surface area contributed by atoms with Gasteiger partial charge in [0.05, 0.1) is 13.1 Å². The fraction of sp³-hybridized carbons (Fsp3) is 0.611. The van der Waals surface area contributed by atoms with Gasteiger partial charge < -0.3 is 10.6 Å². The first-order chi connectivity index (χ1) is 11.9. The Kier molecular flexibility index (Phi) is 7.11. The highest BCUT2D eigenvalue weighted by atomic mass is 19.4. The van der Waals surface area contributed by atoms with E-state index in [-0.39, 0.29) is 5.92 Å². The summed E-state index contributed by atoms with van der Waals surface area (Å²) in [6.45, 7) is 6.16. The second-order valence-electron chi connectivity index (χ2n) is 6.51. The molecule has 1 atom stereocenters. The van der Waals surface area contributed by atoms with Gasteiger partial charge in [-0.2, -0.15) is 13.2 Å². The molecule has 0 aliphatic carbocycles. The summed E-state index contributed by atoms with van der Waals surface area (Å²) >= 11 is 0. The van der Waals surface area contributed by atoms with Crippen LogP contribution in [0, 0.1) is 12.8 Å². The number of guanidine groups is 1. The molecule has 0 saturated carbocycles. The van der Waals surface area contributed by atoms with Crippen molar-refractivity contribution in [1.82, 2.24) is 15.5 Å². The second kappa shape index (κ2) is 9.08. The van der Waals surface area contributed by atoms with E-state index in [1.165, 1.54) is 10.5 Å². The number of nitrogens with zero attached hydrogens (tertiary/aromatic N) is 2. The van der Waals surface area contributed by atoms with Crippen LogP contribution in [0.25, 0.3) is 0 Å². The third kappa shape index (κ3) is 6.94. The second-order valence-corrected chi connectivity index (χ2v) is 6.51. The van der Waals surface area contributed by atoms with E-state index >= 15 is 0 Å². The molecule has 1 unspecified atom stereocenters. The summed E-state index contributed by atoms with van der Waals surface area (Å²) in [6, 6.07) is 8.10. The van der Waals surface area contributed by atoms with Gasteiger partial charge in [0, 0.05) is 19.6 Å². The van der Waals surface area contributed by atoms with Crippen LogP contribution in [0.5, 0.6) is 0 Å². The number of nitrogens with one attached hydrogen (secondary N) is 2. The minimum absolute atomic E-state index is 0.213. The Bertz CT molecular complexity index is 572. The number of aliphatic imine (C=N–C) groups is 1. The summed E-state index contributed by atoms with van der Waals surface area (Å²) in [4.78, 5) is 6.06. The Labute approximate surface area is 147 Å². The molecule has 0 radical (unpaired) electrons. The van der Waals surface area contributed by atoms with Gasteiger partial charge >= 0.3 is 6.18 Å². The van der Waals surface area contributed by atoms with Crippen molar-refractivity contribution in [1.29, 1.82) is 0 Å². The number of likely N-dealkylation sites (tertiary alicyclic amines) is 1. The van der Waals surface area contributed by atoms with Crippen LogP contribution in [-0.2, 0) is 6.54 Å². The van der Waals surface area contributed by atoms with Gasteiger partial charge in [0.15, 0.2) is 5.96 Å². The largest absolute Gasteiger partial charge is 0.401 e. The number of hydrogen-bond acceptors (Lipinski definition) is 2. The van der Waals surface area contributed by atoms with E-state index in [0.29, 0.717) is 32.1 Å². The number of halogens is 3. The van der Waals surface area contributed by atoms with Gasteiger partial charge in [-0.3, -0.25) is 4.90 Å². The fourth-order valence-electron chi connectivity index (χ4n) is 3.01. The highest BCUT2D eigenvalue weighted by Gasteiger charge is 2.34. The predicted octanol–water partition coefficient (Wildman–Crippen LogP) is 2.93. The third-order valence-electron chi connectivity index (χ3n) is 4.34. The monoisotopic (exact) mass is 356 g/mol. The van der Waals surface area contributed by atoms with Crippen LogP contribution >= 0.6 is 0 Å². The maximum absolute atomic E-state index is 12.5. The van der Waals surface area contributed by atoms with E-state index < -0.39 is 12.7 Å². The van der Waals surface area contributed by atoms with Gasteiger partial charge in [0.25, 0.3) is 0 Å². The maximum atomic E-state index is 12.5. The van der Waals surface area contributed by atoms with Crippen molar-refractivity contribution in [2.24, 2.45) is 10.9 Å². The molecule has 25 heavy (non-hydrogen) atoms. The zero-order valence-electron chi connectivity index (χ0n) is 14.9. The van der Waals surface area contributed by atoms with Crippen molar-refractivity contribution in [3.8, 4) is 0 Å². The lowest BCUT2D eigenvalue weighted by atomic mass is 10.1. The summed E-state index contributed by atoms with van der Waals surface area (Å²) in [5.41, 5.74) is 2.36. The zero-order valence-corrected chi connectivity index (χ0v) is 14.9. The van der Waals surface area contributed by atoms with Crippen LogP contribution in [0.4, 0.5) is 13.2 Å². The van der Waals surface area contributed by atoms with E-state index in [1.807, 2.05) is 25.1 Å². The van der Waals surface area contributed by atoms with Gasteiger partial charge in [0.2, 0.25) is 0 Å². The van der Waals surface area contributed by atoms with Crippen molar-refractivity contribution in [2.45, 2.75) is 33.0 Å². The highest BCUT2D eigenvalue weighted by molar-refractivity contribution is 5.79. The Morgan fingerprint density at radius 3 is 2.72 bits per heavy atom. The fourth-order valence-corrected chi connectivity index (χ4v) is 3.01. The van der Waals surface area contributed by atoms with Gasteiger partial charge in [-0.05, 0) is 43.9 Å². The summed E-state index contributed by atoms with van der Waals surface area (Å²) < 4.78 is 37.4. The van der Waals surface area contributed by atoms with Crippen LogP contribution in [0.2, 0.25) is 0 Å². The maximum Gasteiger partial charge on any atom is 0.401 e. The van der Waals surface area contributed by atoms with Gasteiger partial charge in [0.1, 0.15) is 0 Å². The molecule has 1 fully saturated rings. The number of alkyl halides is 3. The lowest BCUT2D eigenvalue weighted by Crippen LogP contribution is -2.40. The Morgan fingerprint density at radius 1 is 1.28 bits per heavy atom. The minimum atomic E-state index is -4.12. The topological polar surface area (TPSA) is 39.7 Å². The Balaban J connectivity index is 1.83. The number of benzene rings is 1. The molecule has 1 saturated heterocycles. The molecule has 140 valence electrons. The molecular weight excluding hydrogens is 329 g/mol. The molecule has 4 nitrogen and oxygen atoms in total. The number of hydrogen-bond donors (Lipinski definition) is 2. The summed E-state index contributed by atoms with van der Waals surface area (Å²) in [5, 5.41) is 6.46. The normalized spacial score (nSPS) is 19.2. The zero-order chi connectivity index (χ0) is 18.3. The number of aryl methyl sites for hydroxylation is 1. The standard InChI is InChI=1S/C18H27F3N4/c1-3-22-17(24-11-16-7-5-4-6-14(16)2)23-10-15-8-9-25(12-15)13-18(19,20)21/h4-7,15H,3,8-13H2,1-2H3,(H2,22,23,24). The van der Waals surface area contributed by atoms with Crippen LogP contribution in [0.15, 0.2) is 29.3 Å². The van der Waals surface area contributed by atoms with Gasteiger partial charge in [-0.15, -0.1) is 0 Å². The van der Waals surface area contributed by atoms with Crippen molar-refractivity contribution >= 4 is 5.96 Å². The minimum Gasteiger partial charge on any atom is -0.357 e. The summed E-state index contributed by atoms with van der Waals surface area (Å²) in [6.07, 6.45) is -3.34. The van der Waals surface area contributed by atoms with Crippen molar-refractivity contribution < 1.29 is 13.2 Å². The molecule has 0 bridgehead atoms. The average molecular weight is 356 g/mol. The Hall–Kier alpha value is -1.76. The summed E-state index contributed by atoms with van der Waals surface area (Å²) in [5.74, 6) is 0.921. The van der Waals surface area contributed by atoms with Crippen LogP contribution in [0.1, 0.15) is 24.5 Å². The first-order valence-corrected chi connectivity index (χ1v) is 8.73. The van der Waals surface area contributed by atoms with Crippen molar-refractivity contribution in [3.05, 3.63) is 35.4 Å². The van der Waals surface area contributed by atoms with E-state index in [0.717, 1.165) is 18.5 Å². The third-order valence-corrected chi connectivity index (χ3v) is 4.34. The van der Waals surface area contributed by atoms with E-state index in [9.17, 15) is 13.2 Å².